The normalized spacial score (nSPS) is 15.3. The van der Waals surface area contributed by atoms with Gasteiger partial charge in [-0.25, -0.2) is 4.68 Å². The van der Waals surface area contributed by atoms with Gasteiger partial charge in [-0.3, -0.25) is 19.5 Å². The maximum atomic E-state index is 12.5. The lowest BCUT2D eigenvalue weighted by Crippen LogP contribution is -2.47. The molecule has 27 heavy (non-hydrogen) atoms. The summed E-state index contributed by atoms with van der Waals surface area (Å²) in [5.74, 6) is -0.287. The Hall–Kier alpha value is -3.15. The number of hydrogen-bond donors (Lipinski definition) is 2. The van der Waals surface area contributed by atoms with Crippen LogP contribution in [0.25, 0.3) is 10.8 Å². The summed E-state index contributed by atoms with van der Waals surface area (Å²) >= 11 is 0. The second kappa shape index (κ2) is 6.87. The highest BCUT2D eigenvalue weighted by molar-refractivity contribution is 5.81. The van der Waals surface area contributed by atoms with Crippen LogP contribution in [0.5, 0.6) is 0 Å². The Morgan fingerprint density at radius 3 is 2.33 bits per heavy atom. The van der Waals surface area contributed by atoms with Crippen LogP contribution in [0, 0.1) is 0 Å². The minimum absolute atomic E-state index is 0.0291. The number of rotatable bonds is 5. The number of amides is 1. The number of carbonyl (C=O) groups excluding carboxylic acids is 1. The molecule has 2 N–H and O–H groups in total. The predicted molar refractivity (Wildman–Crippen MR) is 104 cm³/mol. The zero-order chi connectivity index (χ0) is 18.9. The molecule has 6 heteroatoms. The Kier molecular flexibility index (Phi) is 4.39. The molecule has 0 saturated heterocycles. The fourth-order valence-corrected chi connectivity index (χ4v) is 3.79. The summed E-state index contributed by atoms with van der Waals surface area (Å²) in [6.07, 6.45) is 3.20. The zero-order valence-corrected chi connectivity index (χ0v) is 14.9. The average molecular weight is 363 g/mol. The molecule has 0 spiro atoms. The van der Waals surface area contributed by atoms with E-state index in [2.05, 4.69) is 22.5 Å². The fourth-order valence-electron chi connectivity index (χ4n) is 3.79. The van der Waals surface area contributed by atoms with Gasteiger partial charge < -0.3 is 5.32 Å². The highest BCUT2D eigenvalue weighted by Crippen LogP contribution is 2.43. The highest BCUT2D eigenvalue weighted by Gasteiger charge is 2.38. The molecule has 1 fully saturated rings. The van der Waals surface area contributed by atoms with Crippen molar-refractivity contribution in [2.75, 3.05) is 6.54 Å². The third-order valence-corrected chi connectivity index (χ3v) is 5.51. The van der Waals surface area contributed by atoms with E-state index in [4.69, 9.17) is 0 Å². The molecule has 1 aliphatic rings. The molecule has 0 bridgehead atoms. The SMILES string of the molecule is O=C(Cn1[nH]c(=O)c2ccccc2c1=O)NCC1(c2ccccc2)CCC1. The number of aromatic nitrogens is 2. The summed E-state index contributed by atoms with van der Waals surface area (Å²) in [7, 11) is 0. The second-order valence-corrected chi connectivity index (χ2v) is 7.15. The van der Waals surface area contributed by atoms with Crippen LogP contribution in [0.3, 0.4) is 0 Å². The van der Waals surface area contributed by atoms with Gasteiger partial charge in [-0.15, -0.1) is 0 Å². The topological polar surface area (TPSA) is 84.0 Å². The smallest absolute Gasteiger partial charge is 0.273 e. The van der Waals surface area contributed by atoms with Gasteiger partial charge in [-0.1, -0.05) is 48.9 Å². The predicted octanol–water partition coefficient (Wildman–Crippen LogP) is 1.93. The van der Waals surface area contributed by atoms with Gasteiger partial charge in [0.1, 0.15) is 6.54 Å². The summed E-state index contributed by atoms with van der Waals surface area (Å²) in [6, 6.07) is 16.8. The maximum absolute atomic E-state index is 12.5. The molecule has 0 aliphatic heterocycles. The Bertz CT molecular complexity index is 1090. The zero-order valence-electron chi connectivity index (χ0n) is 14.9. The lowest BCUT2D eigenvalue weighted by Gasteiger charge is -2.42. The van der Waals surface area contributed by atoms with Gasteiger partial charge in [0, 0.05) is 12.0 Å². The summed E-state index contributed by atoms with van der Waals surface area (Å²) < 4.78 is 1.08. The molecule has 1 heterocycles. The molecule has 0 radical (unpaired) electrons. The van der Waals surface area contributed by atoms with E-state index >= 15 is 0 Å². The molecule has 138 valence electrons. The van der Waals surface area contributed by atoms with Crippen molar-refractivity contribution in [2.24, 2.45) is 0 Å². The molecule has 3 aromatic rings. The quantitative estimate of drug-likeness (QED) is 0.726. The Balaban J connectivity index is 1.50. The van der Waals surface area contributed by atoms with Crippen molar-refractivity contribution in [1.82, 2.24) is 15.1 Å². The van der Waals surface area contributed by atoms with Crippen molar-refractivity contribution in [3.63, 3.8) is 0 Å². The van der Waals surface area contributed by atoms with Crippen molar-refractivity contribution >= 4 is 16.7 Å². The average Bonchev–Trinajstić information content (AvgIpc) is 2.66. The maximum Gasteiger partial charge on any atom is 0.273 e. The Labute approximate surface area is 155 Å². The summed E-state index contributed by atoms with van der Waals surface area (Å²) in [5, 5.41) is 6.08. The van der Waals surface area contributed by atoms with E-state index in [9.17, 15) is 14.4 Å². The first-order valence-electron chi connectivity index (χ1n) is 9.13. The van der Waals surface area contributed by atoms with E-state index in [0.29, 0.717) is 17.3 Å². The number of nitrogens with one attached hydrogen (secondary N) is 2. The molecule has 1 amide bonds. The van der Waals surface area contributed by atoms with Crippen LogP contribution >= 0.6 is 0 Å². The van der Waals surface area contributed by atoms with Gasteiger partial charge in [0.2, 0.25) is 5.91 Å². The summed E-state index contributed by atoms with van der Waals surface area (Å²) in [5.41, 5.74) is 0.450. The third kappa shape index (κ3) is 3.18. The first-order chi connectivity index (χ1) is 13.1. The molecular formula is C21H21N3O3. The van der Waals surface area contributed by atoms with E-state index in [0.717, 1.165) is 23.9 Å². The molecule has 0 unspecified atom stereocenters. The lowest BCUT2D eigenvalue weighted by atomic mass is 9.64. The van der Waals surface area contributed by atoms with Crippen molar-refractivity contribution in [3.8, 4) is 0 Å². The number of H-pyrrole nitrogens is 1. The number of fused-ring (bicyclic) bond motifs is 1. The second-order valence-electron chi connectivity index (χ2n) is 7.15. The first-order valence-corrected chi connectivity index (χ1v) is 9.13. The molecule has 4 rings (SSSR count). The lowest BCUT2D eigenvalue weighted by molar-refractivity contribution is -0.122. The molecule has 6 nitrogen and oxygen atoms in total. The van der Waals surface area contributed by atoms with E-state index in [-0.39, 0.29) is 29.0 Å². The molecule has 2 aromatic carbocycles. The van der Waals surface area contributed by atoms with E-state index < -0.39 is 0 Å². The standard InChI is InChI=1S/C21H21N3O3/c25-18(22-14-21(11-6-12-21)15-7-2-1-3-8-15)13-24-20(27)17-10-5-4-9-16(17)19(26)23-24/h1-5,7-10H,6,11-14H2,(H,22,25)(H,23,26). The van der Waals surface area contributed by atoms with Crippen molar-refractivity contribution in [3.05, 3.63) is 80.9 Å². The number of nitrogens with zero attached hydrogens (tertiary/aromatic N) is 1. The molecule has 1 aliphatic carbocycles. The van der Waals surface area contributed by atoms with Crippen LogP contribution in [-0.4, -0.2) is 22.2 Å². The minimum atomic E-state index is -0.377. The van der Waals surface area contributed by atoms with Crippen LogP contribution in [0.4, 0.5) is 0 Å². The third-order valence-electron chi connectivity index (χ3n) is 5.51. The number of benzene rings is 2. The van der Waals surface area contributed by atoms with Crippen LogP contribution in [0.2, 0.25) is 0 Å². The van der Waals surface area contributed by atoms with Gasteiger partial charge in [0.15, 0.2) is 0 Å². The Morgan fingerprint density at radius 2 is 1.67 bits per heavy atom. The van der Waals surface area contributed by atoms with Crippen molar-refractivity contribution in [2.45, 2.75) is 31.2 Å². The Morgan fingerprint density at radius 1 is 1.00 bits per heavy atom. The van der Waals surface area contributed by atoms with E-state index in [1.165, 1.54) is 5.56 Å². The van der Waals surface area contributed by atoms with Crippen molar-refractivity contribution in [1.29, 1.82) is 0 Å². The number of carbonyl (C=O) groups is 1. The van der Waals surface area contributed by atoms with Gasteiger partial charge in [-0.2, -0.15) is 0 Å². The van der Waals surface area contributed by atoms with Gasteiger partial charge >= 0.3 is 0 Å². The fraction of sp³-hybridized carbons (Fsp3) is 0.286. The van der Waals surface area contributed by atoms with Gasteiger partial charge in [0.05, 0.1) is 10.8 Å². The number of aromatic amines is 1. The monoisotopic (exact) mass is 363 g/mol. The van der Waals surface area contributed by atoms with Crippen LogP contribution in [0.1, 0.15) is 24.8 Å². The van der Waals surface area contributed by atoms with Crippen LogP contribution < -0.4 is 16.4 Å². The molecule has 0 atom stereocenters. The summed E-state index contributed by atoms with van der Waals surface area (Å²) in [6.45, 7) is 0.326. The molecular weight excluding hydrogens is 342 g/mol. The molecule has 1 saturated carbocycles. The highest BCUT2D eigenvalue weighted by atomic mass is 16.2. The first kappa shape index (κ1) is 17.3. The van der Waals surface area contributed by atoms with Gasteiger partial charge in [-0.05, 0) is 30.5 Å². The van der Waals surface area contributed by atoms with E-state index in [1.807, 2.05) is 18.2 Å². The van der Waals surface area contributed by atoms with Crippen LogP contribution in [0.15, 0.2) is 64.2 Å². The van der Waals surface area contributed by atoms with Crippen molar-refractivity contribution < 1.29 is 4.79 Å². The molecule has 1 aromatic heterocycles. The van der Waals surface area contributed by atoms with Crippen LogP contribution in [-0.2, 0) is 16.8 Å². The van der Waals surface area contributed by atoms with E-state index in [1.54, 1.807) is 24.3 Å². The largest absolute Gasteiger partial charge is 0.354 e. The van der Waals surface area contributed by atoms with Gasteiger partial charge in [0.25, 0.3) is 11.1 Å². The number of hydrogen-bond acceptors (Lipinski definition) is 3. The summed E-state index contributed by atoms with van der Waals surface area (Å²) in [4.78, 5) is 37.1. The minimum Gasteiger partial charge on any atom is -0.354 e.